The first kappa shape index (κ1) is 10.0. The van der Waals surface area contributed by atoms with Gasteiger partial charge in [0.25, 0.3) is 0 Å². The molecule has 1 atom stereocenters. The van der Waals surface area contributed by atoms with Gasteiger partial charge in [-0.25, -0.2) is 0 Å². The summed E-state index contributed by atoms with van der Waals surface area (Å²) in [5.41, 5.74) is -0.554. The van der Waals surface area contributed by atoms with Gasteiger partial charge in [-0.2, -0.15) is 0 Å². The van der Waals surface area contributed by atoms with Crippen molar-refractivity contribution in [2.45, 2.75) is 32.7 Å². The van der Waals surface area contributed by atoms with Crippen molar-refractivity contribution in [2.75, 3.05) is 12.3 Å². The van der Waals surface area contributed by atoms with Crippen molar-refractivity contribution in [1.82, 2.24) is 4.31 Å². The van der Waals surface area contributed by atoms with Gasteiger partial charge < -0.3 is 4.55 Å². The predicted molar refractivity (Wildman–Crippen MR) is 49.1 cm³/mol. The molecule has 70 valence electrons. The summed E-state index contributed by atoms with van der Waals surface area (Å²) in [6.07, 6.45) is 0.934. The van der Waals surface area contributed by atoms with Gasteiger partial charge in [-0.05, 0) is 20.8 Å². The van der Waals surface area contributed by atoms with Gasteiger partial charge in [-0.15, -0.1) is 4.31 Å². The molecule has 12 heavy (non-hydrogen) atoms. The van der Waals surface area contributed by atoms with E-state index < -0.39 is 16.9 Å². The van der Waals surface area contributed by atoms with Gasteiger partial charge in [-0.3, -0.25) is 4.79 Å². The van der Waals surface area contributed by atoms with E-state index >= 15 is 0 Å². The summed E-state index contributed by atoms with van der Waals surface area (Å²) in [6, 6.07) is 0. The molecule has 1 saturated heterocycles. The van der Waals surface area contributed by atoms with Crippen LogP contribution in [0.5, 0.6) is 0 Å². The van der Waals surface area contributed by atoms with E-state index in [1.165, 1.54) is 0 Å². The second kappa shape index (κ2) is 3.36. The molecule has 1 rings (SSSR count). The molecule has 0 bridgehead atoms. The summed E-state index contributed by atoms with van der Waals surface area (Å²) < 4.78 is 13.2. The molecule has 0 aromatic heterocycles. The topological polar surface area (TPSA) is 43.4 Å². The van der Waals surface area contributed by atoms with Crippen LogP contribution in [-0.4, -0.2) is 32.5 Å². The third-order valence-electron chi connectivity index (χ3n) is 2.41. The van der Waals surface area contributed by atoms with E-state index in [9.17, 15) is 9.35 Å². The Morgan fingerprint density at radius 1 is 1.58 bits per heavy atom. The molecule has 0 aromatic rings. The summed E-state index contributed by atoms with van der Waals surface area (Å²) in [5.74, 6) is 0.786. The number of ketones is 1. The van der Waals surface area contributed by atoms with E-state index in [1.54, 1.807) is 11.2 Å². The van der Waals surface area contributed by atoms with E-state index in [0.29, 0.717) is 5.75 Å². The van der Waals surface area contributed by atoms with Gasteiger partial charge in [0, 0.05) is 17.8 Å². The van der Waals surface area contributed by atoms with Crippen molar-refractivity contribution in [3.05, 3.63) is 0 Å². The number of nitrogens with zero attached hydrogens (tertiary/aromatic N) is 1. The van der Waals surface area contributed by atoms with Gasteiger partial charge in [0.15, 0.2) is 5.78 Å². The van der Waals surface area contributed by atoms with Gasteiger partial charge in [-0.1, -0.05) is 0 Å². The van der Waals surface area contributed by atoms with Crippen LogP contribution in [0.25, 0.3) is 0 Å². The van der Waals surface area contributed by atoms with E-state index in [4.69, 9.17) is 0 Å². The molecule has 0 saturated carbocycles. The quantitative estimate of drug-likeness (QED) is 0.601. The molecule has 1 heterocycles. The summed E-state index contributed by atoms with van der Waals surface area (Å²) in [4.78, 5) is 11.2. The van der Waals surface area contributed by atoms with E-state index in [1.807, 2.05) is 13.8 Å². The third-order valence-corrected chi connectivity index (χ3v) is 4.18. The fourth-order valence-corrected chi connectivity index (χ4v) is 2.82. The van der Waals surface area contributed by atoms with Crippen LogP contribution in [0, 0.1) is 0 Å². The summed E-state index contributed by atoms with van der Waals surface area (Å²) >= 11 is -0.938. The number of Topliss-reactive ketones (excluding diaryl/α,β-unsaturated/α-hetero) is 1. The van der Waals surface area contributed by atoms with E-state index in [-0.39, 0.29) is 5.78 Å². The summed E-state index contributed by atoms with van der Waals surface area (Å²) in [5, 5.41) is 0. The fraction of sp³-hybridized carbons (Fsp3) is 0.875. The fourth-order valence-electron chi connectivity index (χ4n) is 1.25. The average Bonchev–Trinajstić information content (AvgIpc) is 2.35. The molecule has 0 N–H and O–H groups in total. The minimum atomic E-state index is -0.938. The monoisotopic (exact) mass is 189 g/mol. The lowest BCUT2D eigenvalue weighted by atomic mass is 10.0. The molecule has 3 nitrogen and oxygen atoms in total. The van der Waals surface area contributed by atoms with Crippen LogP contribution in [-0.2, 0) is 16.2 Å². The highest BCUT2D eigenvalue weighted by Gasteiger charge is 2.42. The van der Waals surface area contributed by atoms with Crippen molar-refractivity contribution in [3.63, 3.8) is 0 Å². The van der Waals surface area contributed by atoms with Crippen molar-refractivity contribution in [3.8, 4) is 0 Å². The largest absolute Gasteiger partial charge is 0.598 e. The molecule has 0 radical (unpaired) electrons. The second-order valence-electron chi connectivity index (χ2n) is 3.60. The first-order chi connectivity index (χ1) is 5.46. The minimum absolute atomic E-state index is 0.0813. The lowest BCUT2D eigenvalue weighted by molar-refractivity contribution is -0.124. The number of hydrogen-bond donors (Lipinski definition) is 0. The Balaban J connectivity index is 2.73. The normalized spacial score (nSPS) is 26.2. The molecule has 1 aliphatic heterocycles. The molecule has 0 spiro atoms. The molecule has 0 aliphatic carbocycles. The Bertz CT molecular complexity index is 193. The van der Waals surface area contributed by atoms with E-state index in [0.717, 1.165) is 13.0 Å². The maximum atomic E-state index is 11.4. The number of carbonyl (C=O) groups excluding carboxylic acids is 1. The number of rotatable bonds is 2. The highest BCUT2D eigenvalue weighted by Crippen LogP contribution is 2.25. The van der Waals surface area contributed by atoms with Crippen LogP contribution in [0.1, 0.15) is 27.2 Å². The van der Waals surface area contributed by atoms with Gasteiger partial charge >= 0.3 is 0 Å². The maximum Gasteiger partial charge on any atom is 0.153 e. The number of carbonyl (C=O) groups is 1. The van der Waals surface area contributed by atoms with Crippen LogP contribution in [0.15, 0.2) is 0 Å². The van der Waals surface area contributed by atoms with Crippen LogP contribution < -0.4 is 0 Å². The Morgan fingerprint density at radius 2 is 2.17 bits per heavy atom. The molecular weight excluding hydrogens is 174 g/mol. The summed E-state index contributed by atoms with van der Waals surface area (Å²) in [7, 11) is 0. The van der Waals surface area contributed by atoms with Crippen LogP contribution in [0.4, 0.5) is 0 Å². The maximum absolute atomic E-state index is 11.4. The Hall–Kier alpha value is -0.0600. The Kier molecular flexibility index (Phi) is 2.81. The predicted octanol–water partition coefficient (Wildman–Crippen LogP) is 0.723. The molecule has 1 unspecified atom stereocenters. The first-order valence-corrected chi connectivity index (χ1v) is 5.41. The third kappa shape index (κ3) is 1.65. The van der Waals surface area contributed by atoms with Crippen LogP contribution in [0.3, 0.4) is 0 Å². The molecule has 0 amide bonds. The number of hydrogen-bond acceptors (Lipinski definition) is 3. The smallest absolute Gasteiger partial charge is 0.153 e. The molecule has 1 fully saturated rings. The van der Waals surface area contributed by atoms with Crippen LogP contribution in [0.2, 0.25) is 0 Å². The molecule has 0 aromatic carbocycles. The van der Waals surface area contributed by atoms with Crippen molar-refractivity contribution in [1.29, 1.82) is 0 Å². The Morgan fingerprint density at radius 3 is 2.50 bits per heavy atom. The van der Waals surface area contributed by atoms with Gasteiger partial charge in [0.2, 0.25) is 0 Å². The molecule has 4 heteroatoms. The van der Waals surface area contributed by atoms with Gasteiger partial charge in [0.1, 0.15) is 11.3 Å². The highest BCUT2D eigenvalue weighted by atomic mass is 32.2. The molecular formula is C8H15NO2S. The van der Waals surface area contributed by atoms with Crippen LogP contribution >= 0.6 is 0 Å². The SMILES string of the molecule is CC(=O)C(C)(C)N1CCC[S+]1[O-]. The van der Waals surface area contributed by atoms with Crippen molar-refractivity contribution < 1.29 is 9.35 Å². The lowest BCUT2D eigenvalue weighted by Gasteiger charge is -2.31. The zero-order chi connectivity index (χ0) is 9.35. The van der Waals surface area contributed by atoms with Gasteiger partial charge in [0.05, 0.1) is 6.54 Å². The summed E-state index contributed by atoms with van der Waals surface area (Å²) in [6.45, 7) is 5.99. The Labute approximate surface area is 76.4 Å². The highest BCUT2D eigenvalue weighted by molar-refractivity contribution is 7.89. The zero-order valence-corrected chi connectivity index (χ0v) is 8.61. The first-order valence-electron chi connectivity index (χ1n) is 4.13. The van der Waals surface area contributed by atoms with E-state index in [2.05, 4.69) is 0 Å². The van der Waals surface area contributed by atoms with Crippen molar-refractivity contribution in [2.24, 2.45) is 0 Å². The van der Waals surface area contributed by atoms with Crippen molar-refractivity contribution >= 4 is 17.1 Å². The standard InChI is InChI=1S/C8H15NO2S/c1-7(10)8(2,3)9-5-4-6-12(9)11/h4-6H2,1-3H3. The lowest BCUT2D eigenvalue weighted by Crippen LogP contribution is -2.49. The second-order valence-corrected chi connectivity index (χ2v) is 5.09. The zero-order valence-electron chi connectivity index (χ0n) is 7.79. The minimum Gasteiger partial charge on any atom is -0.598 e. The molecule has 1 aliphatic rings. The average molecular weight is 189 g/mol.